The number of aromatic nitrogens is 2. The quantitative estimate of drug-likeness (QED) is 0.600. The zero-order chi connectivity index (χ0) is 23.1. The molecule has 3 aromatic rings. The Morgan fingerprint density at radius 1 is 1.12 bits per heavy atom. The summed E-state index contributed by atoms with van der Waals surface area (Å²) in [5, 5.41) is 11.6. The average molecular weight is 452 g/mol. The van der Waals surface area contributed by atoms with E-state index in [1.165, 1.54) is 12.1 Å². The van der Waals surface area contributed by atoms with Gasteiger partial charge in [-0.25, -0.2) is 14.4 Å². The maximum atomic E-state index is 13.4. The number of piperazine rings is 1. The Kier molecular flexibility index (Phi) is 5.59. The van der Waals surface area contributed by atoms with Crippen LogP contribution in [0, 0.1) is 5.82 Å². The van der Waals surface area contributed by atoms with Crippen LogP contribution >= 0.6 is 0 Å². The molecule has 2 aromatic heterocycles. The molecule has 2 aliphatic heterocycles. The van der Waals surface area contributed by atoms with Gasteiger partial charge < -0.3 is 9.47 Å². The Morgan fingerprint density at radius 2 is 1.91 bits per heavy atom. The third-order valence-electron chi connectivity index (χ3n) is 6.61. The molecule has 1 N–H and O–H groups in total. The van der Waals surface area contributed by atoms with Gasteiger partial charge in [0.05, 0.1) is 24.8 Å². The highest BCUT2D eigenvalue weighted by Gasteiger charge is 2.29. The molecule has 0 aliphatic carbocycles. The summed E-state index contributed by atoms with van der Waals surface area (Å²) < 4.78 is 15.4. The van der Waals surface area contributed by atoms with Crippen LogP contribution in [0.5, 0.6) is 0 Å². The molecule has 4 heterocycles. The van der Waals surface area contributed by atoms with Crippen LogP contribution in [0.25, 0.3) is 10.9 Å². The molecular formula is C24H26FN5O3. The van der Waals surface area contributed by atoms with Crippen molar-refractivity contribution in [2.24, 2.45) is 0 Å². The van der Waals surface area contributed by atoms with Gasteiger partial charge in [-0.3, -0.25) is 19.7 Å². The molecule has 1 saturated heterocycles. The van der Waals surface area contributed by atoms with E-state index in [2.05, 4.69) is 20.6 Å². The predicted molar refractivity (Wildman–Crippen MR) is 120 cm³/mol. The largest absolute Gasteiger partial charge is 0.343 e. The van der Waals surface area contributed by atoms with Crippen LogP contribution in [0.3, 0.4) is 0 Å². The van der Waals surface area contributed by atoms with E-state index < -0.39 is 5.91 Å². The normalized spacial score (nSPS) is 17.2. The van der Waals surface area contributed by atoms with Gasteiger partial charge in [0, 0.05) is 44.8 Å². The minimum atomic E-state index is -0.486. The predicted octanol–water partition coefficient (Wildman–Crippen LogP) is 1.93. The fourth-order valence-corrected chi connectivity index (χ4v) is 4.69. The fraction of sp³-hybridized carbons (Fsp3) is 0.375. The molecule has 0 bridgehead atoms. The Hall–Kier alpha value is -3.30. The number of halogens is 1. The number of likely N-dealkylation sites (N-methyl/N-ethyl adjacent to an activating group) is 1. The topological polar surface area (TPSA) is 81.9 Å². The molecule has 0 unspecified atom stereocenters. The highest BCUT2D eigenvalue weighted by molar-refractivity contribution is 6.00. The number of benzene rings is 1. The molecule has 0 spiro atoms. The van der Waals surface area contributed by atoms with Crippen LogP contribution in [0.1, 0.15) is 27.2 Å². The molecule has 0 saturated carbocycles. The van der Waals surface area contributed by atoms with Crippen molar-refractivity contribution in [3.63, 3.8) is 0 Å². The number of pyridine rings is 1. The molecule has 33 heavy (non-hydrogen) atoms. The minimum absolute atomic E-state index is 0.121. The molecule has 8 nitrogen and oxygen atoms in total. The lowest BCUT2D eigenvalue weighted by Gasteiger charge is -2.31. The van der Waals surface area contributed by atoms with Gasteiger partial charge in [0.1, 0.15) is 11.5 Å². The summed E-state index contributed by atoms with van der Waals surface area (Å²) in [6.45, 7) is 3.45. The monoisotopic (exact) mass is 451 g/mol. The summed E-state index contributed by atoms with van der Waals surface area (Å²) in [6.07, 6.45) is 4.99. The van der Waals surface area contributed by atoms with E-state index in [4.69, 9.17) is 0 Å². The van der Waals surface area contributed by atoms with Crippen LogP contribution in [-0.2, 0) is 24.2 Å². The van der Waals surface area contributed by atoms with E-state index in [1.54, 1.807) is 23.2 Å². The van der Waals surface area contributed by atoms with Gasteiger partial charge in [-0.05, 0) is 41.7 Å². The first-order chi connectivity index (χ1) is 15.9. The highest BCUT2D eigenvalue weighted by Crippen LogP contribution is 2.31. The van der Waals surface area contributed by atoms with E-state index in [-0.39, 0.29) is 24.0 Å². The van der Waals surface area contributed by atoms with Crippen LogP contribution in [0.2, 0.25) is 0 Å². The second-order valence-corrected chi connectivity index (χ2v) is 8.77. The Labute approximate surface area is 190 Å². The second kappa shape index (κ2) is 8.57. The molecule has 172 valence electrons. The smallest absolute Gasteiger partial charge is 0.296 e. The first-order valence-electron chi connectivity index (χ1n) is 11.1. The van der Waals surface area contributed by atoms with Gasteiger partial charge in [-0.2, -0.15) is 0 Å². The number of hydrogen-bond donors (Lipinski definition) is 1. The van der Waals surface area contributed by atoms with Gasteiger partial charge in [0.2, 0.25) is 5.91 Å². The summed E-state index contributed by atoms with van der Waals surface area (Å²) in [5.41, 5.74) is 4.08. The lowest BCUT2D eigenvalue weighted by atomic mass is 9.98. The summed E-state index contributed by atoms with van der Waals surface area (Å²) in [7, 11) is 1.82. The maximum absolute atomic E-state index is 13.4. The summed E-state index contributed by atoms with van der Waals surface area (Å²) in [5.74, 6) is -0.642. The van der Waals surface area contributed by atoms with Crippen molar-refractivity contribution in [1.29, 1.82) is 0 Å². The van der Waals surface area contributed by atoms with Crippen LogP contribution in [0.15, 0.2) is 36.7 Å². The lowest BCUT2D eigenvalue weighted by molar-refractivity contribution is -0.134. The van der Waals surface area contributed by atoms with Crippen molar-refractivity contribution >= 4 is 22.7 Å². The Morgan fingerprint density at radius 3 is 2.67 bits per heavy atom. The van der Waals surface area contributed by atoms with Crippen molar-refractivity contribution in [3.8, 4) is 0 Å². The van der Waals surface area contributed by atoms with Crippen LogP contribution in [-0.4, -0.2) is 81.2 Å². The van der Waals surface area contributed by atoms with Crippen LogP contribution < -0.4 is 0 Å². The first-order valence-corrected chi connectivity index (χ1v) is 11.1. The molecule has 5 rings (SSSR count). The van der Waals surface area contributed by atoms with Gasteiger partial charge in [0.25, 0.3) is 5.91 Å². The molecule has 9 heteroatoms. The Bertz CT molecular complexity index is 1220. The van der Waals surface area contributed by atoms with Gasteiger partial charge >= 0.3 is 0 Å². The number of nitrogens with zero attached hydrogens (tertiary/aromatic N) is 5. The van der Waals surface area contributed by atoms with Gasteiger partial charge in [-0.15, -0.1) is 0 Å². The first kappa shape index (κ1) is 21.5. The zero-order valence-corrected chi connectivity index (χ0v) is 18.5. The molecular weight excluding hydrogens is 425 g/mol. The number of hydrogen-bond acceptors (Lipinski definition) is 5. The van der Waals surface area contributed by atoms with Gasteiger partial charge in [0.15, 0.2) is 0 Å². The minimum Gasteiger partial charge on any atom is -0.343 e. The van der Waals surface area contributed by atoms with Crippen LogP contribution in [0.4, 0.5) is 4.39 Å². The summed E-state index contributed by atoms with van der Waals surface area (Å²) >= 11 is 0. The summed E-state index contributed by atoms with van der Waals surface area (Å²) in [4.78, 5) is 32.9. The molecule has 1 fully saturated rings. The van der Waals surface area contributed by atoms with Crippen molar-refractivity contribution < 1.29 is 19.2 Å². The van der Waals surface area contributed by atoms with Crippen molar-refractivity contribution in [2.45, 2.75) is 19.4 Å². The summed E-state index contributed by atoms with van der Waals surface area (Å²) in [6, 6.07) is 6.41. The third kappa shape index (κ3) is 4.09. The van der Waals surface area contributed by atoms with Crippen molar-refractivity contribution in [3.05, 3.63) is 64.9 Å². The van der Waals surface area contributed by atoms with E-state index >= 15 is 0 Å². The molecule has 1 aromatic carbocycles. The SMILES string of the molecule is CN1CCN(CCc2cn(Cc3ccc(F)cc3)c3cnc4c(c23)CCN(O)C4=O)CC1=O. The standard InChI is InChI=1S/C24H26FN5O3/c1-27-10-11-28(15-21(27)31)8-6-17-14-29(13-16-2-4-18(25)5-3-16)20-12-26-23-19(22(17)20)7-9-30(33)24(23)32/h2-5,12,14,33H,6-11,13,15H2,1H3. The molecule has 2 aliphatic rings. The third-order valence-corrected chi connectivity index (χ3v) is 6.61. The average Bonchev–Trinajstić information content (AvgIpc) is 3.16. The number of fused-ring (bicyclic) bond motifs is 3. The molecule has 0 atom stereocenters. The van der Waals surface area contributed by atoms with Gasteiger partial charge in [-0.1, -0.05) is 12.1 Å². The van der Waals surface area contributed by atoms with E-state index in [1.807, 2.05) is 7.05 Å². The lowest BCUT2D eigenvalue weighted by Crippen LogP contribution is -2.48. The van der Waals surface area contributed by atoms with Crippen molar-refractivity contribution in [2.75, 3.05) is 39.8 Å². The van der Waals surface area contributed by atoms with E-state index in [0.29, 0.717) is 31.1 Å². The Balaban J connectivity index is 1.51. The van der Waals surface area contributed by atoms with E-state index in [0.717, 1.165) is 47.1 Å². The fourth-order valence-electron chi connectivity index (χ4n) is 4.69. The second-order valence-electron chi connectivity index (χ2n) is 8.77. The maximum Gasteiger partial charge on any atom is 0.296 e. The highest BCUT2D eigenvalue weighted by atomic mass is 19.1. The number of hydroxylamine groups is 2. The number of amides is 2. The number of carbonyl (C=O) groups excluding carboxylic acids is 2. The zero-order valence-electron chi connectivity index (χ0n) is 18.5. The van der Waals surface area contributed by atoms with E-state index in [9.17, 15) is 19.2 Å². The number of carbonyl (C=O) groups is 2. The van der Waals surface area contributed by atoms with Crippen molar-refractivity contribution in [1.82, 2.24) is 24.4 Å². The molecule has 0 radical (unpaired) electrons. The number of rotatable bonds is 5. The molecule has 2 amide bonds.